The minimum absolute atomic E-state index is 0.708. The van der Waals surface area contributed by atoms with Crippen LogP contribution in [0.4, 0.5) is 0 Å². The fourth-order valence-electron chi connectivity index (χ4n) is 1.62. The van der Waals surface area contributed by atoms with Gasteiger partial charge >= 0.3 is 0 Å². The lowest BCUT2D eigenvalue weighted by Crippen LogP contribution is -1.99. The number of benzene rings is 1. The fraction of sp³-hybridized carbons (Fsp3) is 0.100. The lowest BCUT2D eigenvalue weighted by Gasteiger charge is -2.05. The van der Waals surface area contributed by atoms with Gasteiger partial charge in [0.25, 0.3) is 0 Å². The molecule has 1 aliphatic rings. The molecule has 0 fully saturated rings. The summed E-state index contributed by atoms with van der Waals surface area (Å²) in [6.45, 7) is 0.708. The Morgan fingerprint density at radius 3 is 3.14 bits per heavy atom. The van der Waals surface area contributed by atoms with Crippen molar-refractivity contribution >= 4 is 6.21 Å². The van der Waals surface area contributed by atoms with Crippen LogP contribution in [0.15, 0.2) is 35.6 Å². The molecule has 3 rings (SSSR count). The summed E-state index contributed by atoms with van der Waals surface area (Å²) in [5.74, 6) is 0.787. The van der Waals surface area contributed by atoms with Crippen molar-refractivity contribution in [2.75, 3.05) is 0 Å². The molecule has 4 nitrogen and oxygen atoms in total. The van der Waals surface area contributed by atoms with Crippen LogP contribution in [-0.4, -0.2) is 21.0 Å². The van der Waals surface area contributed by atoms with Gasteiger partial charge in [-0.15, -0.1) is 10.2 Å². The number of nitrogens with zero attached hydrogens (tertiary/aromatic N) is 4. The summed E-state index contributed by atoms with van der Waals surface area (Å²) in [6, 6.07) is 8.15. The summed E-state index contributed by atoms with van der Waals surface area (Å²) < 4.78 is 1.95. The lowest BCUT2D eigenvalue weighted by atomic mass is 10.2. The van der Waals surface area contributed by atoms with E-state index >= 15 is 0 Å². The van der Waals surface area contributed by atoms with E-state index in [1.165, 1.54) is 5.56 Å². The molecule has 68 valence electrons. The summed E-state index contributed by atoms with van der Waals surface area (Å²) >= 11 is 0. The summed E-state index contributed by atoms with van der Waals surface area (Å²) in [6.07, 6.45) is 3.47. The minimum atomic E-state index is 0.708. The molecule has 0 saturated carbocycles. The van der Waals surface area contributed by atoms with Gasteiger partial charge in [0, 0.05) is 0 Å². The van der Waals surface area contributed by atoms with Crippen LogP contribution in [0.25, 0.3) is 5.69 Å². The Kier molecular flexibility index (Phi) is 1.47. The zero-order valence-electron chi connectivity index (χ0n) is 7.46. The van der Waals surface area contributed by atoms with Crippen molar-refractivity contribution in [1.82, 2.24) is 14.8 Å². The van der Waals surface area contributed by atoms with Crippen LogP contribution in [0.1, 0.15) is 11.4 Å². The first-order valence-electron chi connectivity index (χ1n) is 4.43. The van der Waals surface area contributed by atoms with Gasteiger partial charge in [0.05, 0.1) is 18.4 Å². The molecule has 0 bridgehead atoms. The first kappa shape index (κ1) is 7.44. The van der Waals surface area contributed by atoms with E-state index in [0.29, 0.717) is 6.54 Å². The number of aromatic nitrogens is 3. The van der Waals surface area contributed by atoms with Crippen molar-refractivity contribution in [1.29, 1.82) is 0 Å². The third-order valence-electron chi connectivity index (χ3n) is 2.29. The van der Waals surface area contributed by atoms with Crippen molar-refractivity contribution in [2.45, 2.75) is 6.54 Å². The van der Waals surface area contributed by atoms with Crippen LogP contribution in [0.2, 0.25) is 0 Å². The molecule has 2 heterocycles. The van der Waals surface area contributed by atoms with E-state index in [4.69, 9.17) is 0 Å². The Labute approximate surface area is 80.9 Å². The number of hydrogen-bond acceptors (Lipinski definition) is 3. The zero-order chi connectivity index (χ0) is 9.38. The first-order valence-corrected chi connectivity index (χ1v) is 4.43. The van der Waals surface area contributed by atoms with Crippen molar-refractivity contribution < 1.29 is 0 Å². The molecule has 14 heavy (non-hydrogen) atoms. The second kappa shape index (κ2) is 2.77. The summed E-state index contributed by atoms with van der Waals surface area (Å²) in [5, 5.41) is 7.85. The third-order valence-corrected chi connectivity index (χ3v) is 2.29. The molecule has 0 spiro atoms. The van der Waals surface area contributed by atoms with Crippen LogP contribution in [0.5, 0.6) is 0 Å². The minimum Gasteiger partial charge on any atom is -0.284 e. The first-order chi connectivity index (χ1) is 6.95. The van der Waals surface area contributed by atoms with Crippen LogP contribution < -0.4 is 0 Å². The molecule has 0 saturated heterocycles. The Morgan fingerprint density at radius 1 is 1.21 bits per heavy atom. The maximum atomic E-state index is 4.28. The SMILES string of the molecule is C1=NCc2ccccc2-n2cnnc21. The average molecular weight is 184 g/mol. The molecule has 0 aliphatic carbocycles. The predicted molar refractivity (Wildman–Crippen MR) is 52.7 cm³/mol. The molecule has 1 aliphatic heterocycles. The monoisotopic (exact) mass is 184 g/mol. The molecule has 0 amide bonds. The van der Waals surface area contributed by atoms with E-state index in [1.807, 2.05) is 16.7 Å². The Hall–Kier alpha value is -1.97. The average Bonchev–Trinajstić information content (AvgIpc) is 2.61. The fourth-order valence-corrected chi connectivity index (χ4v) is 1.62. The van der Waals surface area contributed by atoms with Gasteiger partial charge in [0.15, 0.2) is 5.82 Å². The molecule has 1 aromatic carbocycles. The molecule has 0 atom stereocenters. The molecule has 1 aromatic heterocycles. The van der Waals surface area contributed by atoms with Gasteiger partial charge in [-0.1, -0.05) is 18.2 Å². The van der Waals surface area contributed by atoms with Gasteiger partial charge in [0.2, 0.25) is 0 Å². The van der Waals surface area contributed by atoms with E-state index in [2.05, 4.69) is 27.3 Å². The molecular formula is C10H8N4. The van der Waals surface area contributed by atoms with Crippen LogP contribution in [0.3, 0.4) is 0 Å². The maximum Gasteiger partial charge on any atom is 0.179 e. The van der Waals surface area contributed by atoms with Crippen LogP contribution in [-0.2, 0) is 6.54 Å². The van der Waals surface area contributed by atoms with Crippen molar-refractivity contribution in [3.8, 4) is 5.69 Å². The topological polar surface area (TPSA) is 43.1 Å². The second-order valence-corrected chi connectivity index (χ2v) is 3.16. The normalized spacial score (nSPS) is 13.1. The van der Waals surface area contributed by atoms with E-state index < -0.39 is 0 Å². The van der Waals surface area contributed by atoms with Crippen molar-refractivity contribution in [2.24, 2.45) is 4.99 Å². The van der Waals surface area contributed by atoms with Crippen molar-refractivity contribution in [3.63, 3.8) is 0 Å². The number of para-hydroxylation sites is 1. The lowest BCUT2D eigenvalue weighted by molar-refractivity contribution is 1.01. The highest BCUT2D eigenvalue weighted by Crippen LogP contribution is 2.18. The van der Waals surface area contributed by atoms with Gasteiger partial charge in [-0.05, 0) is 11.6 Å². The van der Waals surface area contributed by atoms with Crippen molar-refractivity contribution in [3.05, 3.63) is 42.0 Å². The van der Waals surface area contributed by atoms with Gasteiger partial charge in [-0.25, -0.2) is 0 Å². The Balaban J connectivity index is 2.33. The molecule has 0 radical (unpaired) electrons. The highest BCUT2D eigenvalue weighted by Gasteiger charge is 2.10. The summed E-state index contributed by atoms with van der Waals surface area (Å²) in [7, 11) is 0. The Bertz CT molecular complexity index is 498. The largest absolute Gasteiger partial charge is 0.284 e. The van der Waals surface area contributed by atoms with E-state index in [9.17, 15) is 0 Å². The van der Waals surface area contributed by atoms with E-state index in [-0.39, 0.29) is 0 Å². The summed E-state index contributed by atoms with van der Waals surface area (Å²) in [5.41, 5.74) is 2.31. The number of fused-ring (bicyclic) bond motifs is 3. The zero-order valence-corrected chi connectivity index (χ0v) is 7.46. The standard InChI is InChI=1S/C10H8N4/c1-2-4-9-8(3-1)5-11-6-10-13-12-7-14(9)10/h1-4,6-7H,5H2. The molecule has 0 unspecified atom stereocenters. The number of rotatable bonds is 0. The van der Waals surface area contributed by atoms with Gasteiger partial charge in [0.1, 0.15) is 6.33 Å². The van der Waals surface area contributed by atoms with Gasteiger partial charge in [-0.2, -0.15) is 0 Å². The highest BCUT2D eigenvalue weighted by molar-refractivity contribution is 5.76. The van der Waals surface area contributed by atoms with Crippen LogP contribution >= 0.6 is 0 Å². The third kappa shape index (κ3) is 0.970. The van der Waals surface area contributed by atoms with Crippen LogP contribution in [0, 0.1) is 0 Å². The smallest absolute Gasteiger partial charge is 0.179 e. The predicted octanol–water partition coefficient (Wildman–Crippen LogP) is 1.20. The number of hydrogen-bond donors (Lipinski definition) is 0. The van der Waals surface area contributed by atoms with E-state index in [1.54, 1.807) is 12.5 Å². The van der Waals surface area contributed by atoms with Gasteiger partial charge in [-0.3, -0.25) is 9.56 Å². The summed E-state index contributed by atoms with van der Waals surface area (Å²) in [4.78, 5) is 4.28. The molecular weight excluding hydrogens is 176 g/mol. The Morgan fingerprint density at radius 2 is 2.14 bits per heavy atom. The maximum absolute atomic E-state index is 4.28. The second-order valence-electron chi connectivity index (χ2n) is 3.16. The quantitative estimate of drug-likeness (QED) is 0.617. The molecule has 0 N–H and O–H groups in total. The highest BCUT2D eigenvalue weighted by atomic mass is 15.3. The molecule has 4 heteroatoms. The van der Waals surface area contributed by atoms with Gasteiger partial charge < -0.3 is 0 Å². The molecule has 2 aromatic rings. The van der Waals surface area contributed by atoms with E-state index in [0.717, 1.165) is 11.5 Å². The number of aliphatic imine (C=N–C) groups is 1.